The second-order valence-corrected chi connectivity index (χ2v) is 8.27. The van der Waals surface area contributed by atoms with Crippen LogP contribution in [0.3, 0.4) is 0 Å². The minimum Gasteiger partial charge on any atom is -0.372 e. The van der Waals surface area contributed by atoms with Gasteiger partial charge in [-0.1, -0.05) is 55.1 Å². The number of hydrogen-bond acceptors (Lipinski definition) is 5. The van der Waals surface area contributed by atoms with Gasteiger partial charge in [-0.05, 0) is 67.4 Å². The van der Waals surface area contributed by atoms with Gasteiger partial charge < -0.3 is 4.90 Å². The summed E-state index contributed by atoms with van der Waals surface area (Å²) in [5, 5.41) is 5.63. The molecule has 1 aliphatic rings. The molecule has 2 aromatic rings. The number of carbonyl (C=O) groups is 1. The Labute approximate surface area is 182 Å². The molecule has 0 radical (unpaired) electrons. The Morgan fingerprint density at radius 1 is 1.00 bits per heavy atom. The van der Waals surface area contributed by atoms with Crippen molar-refractivity contribution in [3.05, 3.63) is 70.1 Å². The zero-order chi connectivity index (χ0) is 20.8. The molecule has 0 N–H and O–H groups in total. The Bertz CT molecular complexity index is 930. The van der Waals surface area contributed by atoms with Crippen molar-refractivity contribution >= 4 is 52.2 Å². The number of carbonyl (C=O) groups excluding carboxylic acids is 1. The summed E-state index contributed by atoms with van der Waals surface area (Å²) in [5.41, 5.74) is 4.36. The Kier molecular flexibility index (Phi) is 7.23. The third-order valence-electron chi connectivity index (χ3n) is 4.80. The van der Waals surface area contributed by atoms with E-state index in [4.69, 9.17) is 12.2 Å². The molecule has 2 aromatic carbocycles. The molecule has 1 aliphatic heterocycles. The predicted molar refractivity (Wildman–Crippen MR) is 128 cm³/mol. The first kappa shape index (κ1) is 21.3. The fourth-order valence-electron chi connectivity index (χ4n) is 3.04. The summed E-state index contributed by atoms with van der Waals surface area (Å²) < 4.78 is 0.447. The van der Waals surface area contributed by atoms with Gasteiger partial charge in [0.05, 0.1) is 11.1 Å². The Morgan fingerprint density at radius 2 is 1.62 bits per heavy atom. The molecule has 0 atom stereocenters. The fourth-order valence-corrected chi connectivity index (χ4v) is 4.22. The zero-order valence-electron chi connectivity index (χ0n) is 17.0. The summed E-state index contributed by atoms with van der Waals surface area (Å²) in [4.78, 5) is 15.6. The number of benzene rings is 2. The monoisotopic (exact) mass is 423 g/mol. The van der Waals surface area contributed by atoms with Crippen LogP contribution in [0.4, 0.5) is 5.69 Å². The standard InChI is InChI=1S/C23H25N3OS2/c1-4-17-7-9-18(10-8-17)15-21-22(27)26(23(28)29-21)24-16-19-11-13-20(14-12-19)25(5-2)6-3/h7-16H,4-6H2,1-3H3/b21-15+,24-16+. The normalized spacial score (nSPS) is 15.7. The lowest BCUT2D eigenvalue weighted by Gasteiger charge is -2.20. The lowest BCUT2D eigenvalue weighted by atomic mass is 10.1. The number of rotatable bonds is 7. The van der Waals surface area contributed by atoms with Crippen molar-refractivity contribution in [2.24, 2.45) is 5.10 Å². The molecule has 0 spiro atoms. The third-order valence-corrected chi connectivity index (χ3v) is 6.09. The van der Waals surface area contributed by atoms with E-state index in [9.17, 15) is 4.79 Å². The molecular formula is C23H25N3OS2. The number of thiocarbonyl (C=S) groups is 1. The summed E-state index contributed by atoms with van der Waals surface area (Å²) >= 11 is 6.64. The summed E-state index contributed by atoms with van der Waals surface area (Å²) in [7, 11) is 0. The van der Waals surface area contributed by atoms with Crippen LogP contribution in [-0.4, -0.2) is 34.5 Å². The lowest BCUT2D eigenvalue weighted by Crippen LogP contribution is -2.22. The van der Waals surface area contributed by atoms with Crippen LogP contribution in [-0.2, 0) is 11.2 Å². The molecule has 1 heterocycles. The van der Waals surface area contributed by atoms with Gasteiger partial charge in [0.2, 0.25) is 0 Å². The van der Waals surface area contributed by atoms with Crippen LogP contribution in [0.5, 0.6) is 0 Å². The number of nitrogens with zero attached hydrogens (tertiary/aromatic N) is 3. The molecule has 6 heteroatoms. The second kappa shape index (κ2) is 9.85. The molecule has 1 saturated heterocycles. The van der Waals surface area contributed by atoms with E-state index in [-0.39, 0.29) is 5.91 Å². The first-order chi connectivity index (χ1) is 14.0. The van der Waals surface area contributed by atoms with E-state index in [1.807, 2.05) is 30.3 Å². The van der Waals surface area contributed by atoms with Crippen LogP contribution in [0.15, 0.2) is 58.5 Å². The van der Waals surface area contributed by atoms with Gasteiger partial charge in [0.1, 0.15) is 0 Å². The average Bonchev–Trinajstić information content (AvgIpc) is 3.01. The zero-order valence-corrected chi connectivity index (χ0v) is 18.6. The highest BCUT2D eigenvalue weighted by Crippen LogP contribution is 2.32. The van der Waals surface area contributed by atoms with Crippen LogP contribution < -0.4 is 4.90 Å². The van der Waals surface area contributed by atoms with Crippen LogP contribution in [0.2, 0.25) is 0 Å². The third kappa shape index (κ3) is 5.14. The van der Waals surface area contributed by atoms with Crippen LogP contribution in [0, 0.1) is 0 Å². The molecule has 4 nitrogen and oxygen atoms in total. The molecule has 0 saturated carbocycles. The van der Waals surface area contributed by atoms with Crippen LogP contribution in [0.1, 0.15) is 37.5 Å². The van der Waals surface area contributed by atoms with E-state index in [2.05, 4.69) is 55.0 Å². The largest absolute Gasteiger partial charge is 0.372 e. The SMILES string of the molecule is CCc1ccc(/C=C2/SC(=S)N(/N=C/c3ccc(N(CC)CC)cc3)C2=O)cc1. The number of hydrogen-bond donors (Lipinski definition) is 0. The van der Waals surface area contributed by atoms with Crippen molar-refractivity contribution in [3.8, 4) is 0 Å². The van der Waals surface area contributed by atoms with E-state index in [0.717, 1.165) is 30.6 Å². The maximum Gasteiger partial charge on any atom is 0.286 e. The summed E-state index contributed by atoms with van der Waals surface area (Å²) in [6, 6.07) is 16.3. The number of anilines is 1. The molecule has 29 heavy (non-hydrogen) atoms. The average molecular weight is 424 g/mol. The molecule has 3 rings (SSSR count). The molecular weight excluding hydrogens is 398 g/mol. The fraction of sp³-hybridized carbons (Fsp3) is 0.261. The maximum absolute atomic E-state index is 12.7. The number of aryl methyl sites for hydroxylation is 1. The van der Waals surface area contributed by atoms with E-state index >= 15 is 0 Å². The predicted octanol–water partition coefficient (Wildman–Crippen LogP) is 5.33. The summed E-state index contributed by atoms with van der Waals surface area (Å²) in [6.45, 7) is 8.33. The van der Waals surface area contributed by atoms with E-state index < -0.39 is 0 Å². The molecule has 0 bridgehead atoms. The number of thioether (sulfide) groups is 1. The van der Waals surface area contributed by atoms with Gasteiger partial charge in [0.15, 0.2) is 4.32 Å². The van der Waals surface area contributed by atoms with Gasteiger partial charge in [-0.25, -0.2) is 0 Å². The molecule has 1 amide bonds. The Morgan fingerprint density at radius 3 is 2.21 bits per heavy atom. The van der Waals surface area contributed by atoms with Crippen molar-refractivity contribution in [1.29, 1.82) is 0 Å². The number of amides is 1. The Balaban J connectivity index is 1.71. The summed E-state index contributed by atoms with van der Waals surface area (Å²) in [5.74, 6) is -0.185. The smallest absolute Gasteiger partial charge is 0.286 e. The van der Waals surface area contributed by atoms with Gasteiger partial charge in [-0.15, -0.1) is 0 Å². The minimum atomic E-state index is -0.185. The van der Waals surface area contributed by atoms with Gasteiger partial charge in [-0.3, -0.25) is 4.79 Å². The molecule has 1 fully saturated rings. The second-order valence-electron chi connectivity index (χ2n) is 6.60. The van der Waals surface area contributed by atoms with Crippen LogP contribution in [0.25, 0.3) is 6.08 Å². The molecule has 0 unspecified atom stereocenters. The van der Waals surface area contributed by atoms with Gasteiger partial charge in [-0.2, -0.15) is 10.1 Å². The number of hydrazone groups is 1. The van der Waals surface area contributed by atoms with Gasteiger partial charge in [0.25, 0.3) is 5.91 Å². The van der Waals surface area contributed by atoms with Gasteiger partial charge in [0, 0.05) is 18.8 Å². The summed E-state index contributed by atoms with van der Waals surface area (Å²) in [6.07, 6.45) is 4.54. The molecule has 0 aromatic heterocycles. The first-order valence-corrected chi connectivity index (χ1v) is 11.0. The molecule has 0 aliphatic carbocycles. The van der Waals surface area contributed by atoms with Gasteiger partial charge >= 0.3 is 0 Å². The van der Waals surface area contributed by atoms with E-state index in [1.165, 1.54) is 28.0 Å². The van der Waals surface area contributed by atoms with Crippen molar-refractivity contribution < 1.29 is 4.79 Å². The highest BCUT2D eigenvalue weighted by Gasteiger charge is 2.32. The van der Waals surface area contributed by atoms with Crippen molar-refractivity contribution in [3.63, 3.8) is 0 Å². The minimum absolute atomic E-state index is 0.185. The highest BCUT2D eigenvalue weighted by atomic mass is 32.2. The topological polar surface area (TPSA) is 35.9 Å². The highest BCUT2D eigenvalue weighted by molar-refractivity contribution is 8.26. The van der Waals surface area contributed by atoms with E-state index in [0.29, 0.717) is 9.23 Å². The lowest BCUT2D eigenvalue weighted by molar-refractivity contribution is -0.122. The van der Waals surface area contributed by atoms with Crippen LogP contribution >= 0.6 is 24.0 Å². The van der Waals surface area contributed by atoms with E-state index in [1.54, 1.807) is 6.21 Å². The first-order valence-electron chi connectivity index (χ1n) is 9.81. The van der Waals surface area contributed by atoms with Crippen molar-refractivity contribution in [2.75, 3.05) is 18.0 Å². The van der Waals surface area contributed by atoms with Crippen molar-refractivity contribution in [2.45, 2.75) is 27.2 Å². The molecule has 150 valence electrons. The quantitative estimate of drug-likeness (QED) is 0.343. The van der Waals surface area contributed by atoms with Crippen molar-refractivity contribution in [1.82, 2.24) is 5.01 Å². The maximum atomic E-state index is 12.7. The Hall–Kier alpha value is -2.44.